The second-order valence-electron chi connectivity index (χ2n) is 36.2. The molecule has 0 saturated heterocycles. The highest BCUT2D eigenvalue weighted by Gasteiger charge is 2.30. The van der Waals surface area contributed by atoms with E-state index in [0.29, 0.717) is 21.9 Å². The number of nitrogens with one attached hydrogen (secondary N) is 7. The van der Waals surface area contributed by atoms with Crippen LogP contribution in [0.15, 0.2) is 411 Å². The zero-order valence-corrected chi connectivity index (χ0v) is 80.5. The van der Waals surface area contributed by atoms with Crippen molar-refractivity contribution in [1.29, 1.82) is 0 Å². The Labute approximate surface area is 838 Å². The van der Waals surface area contributed by atoms with Crippen LogP contribution in [0.1, 0.15) is 92.5 Å². The van der Waals surface area contributed by atoms with Crippen molar-refractivity contribution in [3.63, 3.8) is 0 Å². The number of fused-ring (bicyclic) bond motifs is 32. The van der Waals surface area contributed by atoms with Gasteiger partial charge in [-0.1, -0.05) is 340 Å². The van der Waals surface area contributed by atoms with Crippen LogP contribution in [0.25, 0.3) is 164 Å². The van der Waals surface area contributed by atoms with Crippen molar-refractivity contribution in [1.82, 2.24) is 29.9 Å². The highest BCUT2D eigenvalue weighted by atomic mass is 79.9. The summed E-state index contributed by atoms with van der Waals surface area (Å²) in [5.41, 5.74) is 38.4. The molecule has 5 aromatic heterocycles. The quantitative estimate of drug-likeness (QED) is 0.0332. The number of carbonyl (C=O) groups is 1. The highest BCUT2D eigenvalue weighted by Crippen LogP contribution is 2.49. The number of rotatable bonds is 6. The van der Waals surface area contributed by atoms with E-state index in [9.17, 15) is 25.0 Å². The van der Waals surface area contributed by atoms with E-state index in [4.69, 9.17) is 21.8 Å². The fourth-order valence-corrected chi connectivity index (χ4v) is 21.7. The van der Waals surface area contributed by atoms with Gasteiger partial charge in [-0.05, 0) is 241 Å². The number of nitro benzene ring substituents is 2. The topological polar surface area (TPSA) is 247 Å². The van der Waals surface area contributed by atoms with Gasteiger partial charge >= 0.3 is 7.12 Å². The zero-order chi connectivity index (χ0) is 97.4. The molecule has 19 aromatic carbocycles. The fourth-order valence-electron chi connectivity index (χ4n) is 21.2. The van der Waals surface area contributed by atoms with Crippen LogP contribution in [0.2, 0.25) is 0 Å². The van der Waals surface area contributed by atoms with Gasteiger partial charge in [-0.25, -0.2) is 0 Å². The van der Waals surface area contributed by atoms with E-state index in [1.807, 2.05) is 78.9 Å². The van der Waals surface area contributed by atoms with Gasteiger partial charge in [-0.2, -0.15) is 0 Å². The summed E-state index contributed by atoms with van der Waals surface area (Å²) in [6.45, 7) is 0. The van der Waals surface area contributed by atoms with Gasteiger partial charge in [0, 0.05) is 128 Å². The third kappa shape index (κ3) is 19.1. The molecule has 0 fully saturated rings. The van der Waals surface area contributed by atoms with Gasteiger partial charge in [0.15, 0.2) is 5.78 Å². The van der Waals surface area contributed by atoms with Crippen LogP contribution in [-0.2, 0) is 38.5 Å². The lowest BCUT2D eigenvalue weighted by Crippen LogP contribution is -2.29. The van der Waals surface area contributed by atoms with Crippen molar-refractivity contribution >= 4 is 205 Å². The van der Waals surface area contributed by atoms with Crippen LogP contribution in [0.5, 0.6) is 0 Å². The lowest BCUT2D eigenvalue weighted by atomic mass is 9.81. The first kappa shape index (κ1) is 92.8. The molecular weight excluding hydrogens is 1850 g/mol. The smallest absolute Gasteiger partial charge is 0.423 e. The molecule has 29 rings (SSSR count). The minimum absolute atomic E-state index is 0.0995. The average molecular weight is 1950 g/mol. The van der Waals surface area contributed by atoms with Crippen LogP contribution >= 0.6 is 27.7 Å². The van der Waals surface area contributed by atoms with Gasteiger partial charge in [-0.15, -0.1) is 4.94 Å². The monoisotopic (exact) mass is 1950 g/mol. The number of hydrazine groups is 1. The molecule has 698 valence electrons. The van der Waals surface area contributed by atoms with Gasteiger partial charge in [0.2, 0.25) is 0 Å². The molecular formula is C124H98BBrClN9O7. The third-order valence-electron chi connectivity index (χ3n) is 27.9. The van der Waals surface area contributed by atoms with E-state index in [1.165, 1.54) is 207 Å². The van der Waals surface area contributed by atoms with Crippen LogP contribution in [-0.4, -0.2) is 57.7 Å². The van der Waals surface area contributed by atoms with Gasteiger partial charge < -0.3 is 40.4 Å². The molecule has 24 aromatic rings. The summed E-state index contributed by atoms with van der Waals surface area (Å²) in [6.07, 6.45) is 12.3. The number of anilines is 1. The molecule has 16 nitrogen and oxygen atoms in total. The first-order valence-electron chi connectivity index (χ1n) is 48.3. The Morgan fingerprint density at radius 1 is 0.294 bits per heavy atom. The van der Waals surface area contributed by atoms with E-state index in [2.05, 4.69) is 306 Å². The maximum Gasteiger partial charge on any atom is 0.488 e. The van der Waals surface area contributed by atoms with Gasteiger partial charge in [0.25, 0.3) is 11.4 Å². The number of benzene rings is 19. The van der Waals surface area contributed by atoms with Gasteiger partial charge in [0.05, 0.1) is 41.9 Å². The number of halogens is 2. The second-order valence-corrected chi connectivity index (χ2v) is 37.3. The fraction of sp³-hybridized carbons (Fsp3) is 0.0887. The van der Waals surface area contributed by atoms with Crippen LogP contribution in [0, 0.1) is 20.2 Å². The molecule has 0 unspecified atom stereocenters. The normalized spacial score (nSPS) is 12.7. The van der Waals surface area contributed by atoms with E-state index < -0.39 is 12.0 Å². The van der Waals surface area contributed by atoms with Gasteiger partial charge in [-0.3, -0.25) is 25.0 Å². The van der Waals surface area contributed by atoms with E-state index in [-0.39, 0.29) is 22.1 Å². The number of carbonyl (C=O) groups excluding carboxylic acids is 1. The van der Waals surface area contributed by atoms with E-state index in [0.717, 1.165) is 66.4 Å². The summed E-state index contributed by atoms with van der Waals surface area (Å²) >= 11 is 8.23. The standard InChI is InChI=1S/C23H17N.C23H15N.C16H13NO.C16H15N.C16H11N.C12H9NO2.C6H7BO2.C6H4BrNO2.C6H7ClN2/c2*1-2-6-15-14(5-1)13-21-16(15)9-11-19-17(21)10-12-20-18-7-3-4-8-22(18)24-23(19)20;18-15-7-3-5-12-11(15)8-9-13-10-4-1-2-6-14(10)17-16(12)13;2*1-2-6-12-11(5-1)9-10-14-13-7-3-4-8-15(13)17-16(12)14;14-13(15)12-9-5-4-8-11(12)10-6-2-1-3-7-10;8-7(9)6-4-2-1-3-5-6;7-5-3-1-2-4-6(5)8(9)10;7-9-8-6-4-2-1-3-5-6/h1-8,10,12,24H,9,11,13H2;1-12,24H,13H2;1-2,4,6,8-9,17H,3,5,7H2;3-4,7-10,17H,1-2,5-6H2;1-10,17H;1-9H;1-5,8-9H;1-4H;1-5,8-9H. The van der Waals surface area contributed by atoms with Crippen molar-refractivity contribution in [2.24, 2.45) is 0 Å². The number of H-pyrrole nitrogens is 5. The number of Topliss-reactive ketones (excluding diaryl/α,β-unsaturated/α-hetero) is 1. The first-order valence-corrected chi connectivity index (χ1v) is 49.5. The molecule has 9 N–H and O–H groups in total. The Morgan fingerprint density at radius 3 is 1.26 bits per heavy atom. The predicted molar refractivity (Wildman–Crippen MR) is 596 cm³/mol. The Hall–Kier alpha value is -16.6. The Kier molecular flexibility index (Phi) is 27.1. The molecule has 0 amide bonds. The number of allylic oxidation sites excluding steroid dienone is 2. The molecule has 19 heteroatoms. The van der Waals surface area contributed by atoms with Crippen molar-refractivity contribution in [3.8, 4) is 22.3 Å². The summed E-state index contributed by atoms with van der Waals surface area (Å²) in [5, 5.41) is 56.6. The number of nitro groups is 2. The minimum atomic E-state index is -1.34. The minimum Gasteiger partial charge on any atom is -0.423 e. The zero-order valence-electron chi connectivity index (χ0n) is 78.1. The SMILES string of the molecule is ClNNc1ccccc1.O=C1CCCc2c1ccc1c2[nH]c2ccccc21.O=[N+]([O-])c1ccccc1-c1ccccc1.O=[N+]([O-])c1ccccc1Br.OB(O)c1ccccc1.c1ccc2c(c1)CC1=C2CCc2c1ccc1c2[nH]c2ccccc21.c1ccc2c(c1)Cc1c-2ccc2c1ccc1c3ccccc3[nH]c21.c1ccc2c(c1)[nH]c1c3c(ccc12)CCCC3.c1ccc2c(c1)ccc1c3ccccc3[nH]c21. The molecule has 0 spiro atoms. The Balaban J connectivity index is 0.0000000969. The maximum atomic E-state index is 11.9. The number of aromatic nitrogens is 5. The number of aromatic amines is 5. The number of hydrogen-bond donors (Lipinski definition) is 9. The summed E-state index contributed by atoms with van der Waals surface area (Å²) < 4.78 is 0.514. The number of ketones is 1. The van der Waals surface area contributed by atoms with Crippen molar-refractivity contribution in [2.45, 2.75) is 70.6 Å². The largest absolute Gasteiger partial charge is 0.488 e. The molecule has 0 aliphatic heterocycles. The maximum absolute atomic E-state index is 11.9. The lowest BCUT2D eigenvalue weighted by molar-refractivity contribution is -0.385. The molecule has 0 radical (unpaired) electrons. The lowest BCUT2D eigenvalue weighted by Gasteiger charge is -2.20. The number of nitrogens with zero attached hydrogens (tertiary/aromatic N) is 2. The van der Waals surface area contributed by atoms with Crippen molar-refractivity contribution in [3.05, 3.63) is 487 Å². The second kappa shape index (κ2) is 41.8. The predicted octanol–water partition coefficient (Wildman–Crippen LogP) is 31.0. The molecule has 5 aliphatic rings. The molecule has 0 atom stereocenters. The third-order valence-corrected chi connectivity index (χ3v) is 28.7. The Morgan fingerprint density at radius 2 is 0.699 bits per heavy atom. The molecule has 143 heavy (non-hydrogen) atoms. The van der Waals surface area contributed by atoms with E-state index in [1.54, 1.807) is 82.9 Å². The molecule has 0 saturated carbocycles. The summed E-state index contributed by atoms with van der Waals surface area (Å²) in [4.78, 5) is 52.4. The molecule has 5 aliphatic carbocycles. The number of aryl methyl sites for hydroxylation is 4. The van der Waals surface area contributed by atoms with Gasteiger partial charge in [0.1, 0.15) is 0 Å². The van der Waals surface area contributed by atoms with Crippen LogP contribution in [0.4, 0.5) is 17.1 Å². The first-order chi connectivity index (χ1) is 70.2. The van der Waals surface area contributed by atoms with Crippen LogP contribution in [0.3, 0.4) is 0 Å². The number of para-hydroxylation sites is 8. The molecule has 5 heterocycles. The highest BCUT2D eigenvalue weighted by molar-refractivity contribution is 9.10. The summed E-state index contributed by atoms with van der Waals surface area (Å²) in [7, 11) is -1.34. The molecule has 0 bridgehead atoms. The van der Waals surface area contributed by atoms with E-state index >= 15 is 0 Å². The average Bonchev–Trinajstić information content (AvgIpc) is 1.19. The number of hydrogen-bond acceptors (Lipinski definition) is 9. The summed E-state index contributed by atoms with van der Waals surface area (Å²) in [6, 6.07) is 137. The summed E-state index contributed by atoms with van der Waals surface area (Å²) in [5.74, 6) is 0.289. The van der Waals surface area contributed by atoms with Crippen LogP contribution < -0.4 is 15.8 Å². The van der Waals surface area contributed by atoms with Crippen molar-refractivity contribution < 1.29 is 24.7 Å². The Bertz CT molecular complexity index is 8960. The van der Waals surface area contributed by atoms with Crippen molar-refractivity contribution in [2.75, 3.05) is 5.43 Å².